The van der Waals surface area contributed by atoms with Gasteiger partial charge in [0.05, 0.1) is 18.2 Å². The van der Waals surface area contributed by atoms with Crippen molar-refractivity contribution in [2.45, 2.75) is 6.92 Å². The molecule has 130 valence electrons. The molecule has 4 aromatic rings. The third-order valence-corrected chi connectivity index (χ3v) is 5.59. The average Bonchev–Trinajstić information content (AvgIpc) is 3.32. The van der Waals surface area contributed by atoms with Crippen LogP contribution in [0.15, 0.2) is 63.4 Å². The highest BCUT2D eigenvalue weighted by Crippen LogP contribution is 2.33. The molecule has 4 rings (SSSR count). The van der Waals surface area contributed by atoms with E-state index in [1.54, 1.807) is 17.6 Å². The number of ether oxygens (including phenoxy) is 1. The Balaban J connectivity index is 1.78. The van der Waals surface area contributed by atoms with Gasteiger partial charge >= 0.3 is 0 Å². The number of para-hydroxylation sites is 1. The van der Waals surface area contributed by atoms with Gasteiger partial charge in [0.1, 0.15) is 16.9 Å². The zero-order chi connectivity index (χ0) is 17.9. The predicted molar refractivity (Wildman–Crippen MR) is 108 cm³/mol. The second-order valence-corrected chi connectivity index (χ2v) is 7.22. The number of hydrogen-bond acceptors (Lipinski definition) is 6. The minimum Gasteiger partial charge on any atom is -0.493 e. The summed E-state index contributed by atoms with van der Waals surface area (Å²) in [5.74, 6) is 0.732. The van der Waals surface area contributed by atoms with Crippen LogP contribution in [0.3, 0.4) is 0 Å². The summed E-state index contributed by atoms with van der Waals surface area (Å²) in [4.78, 5) is 19.1. The number of rotatable bonds is 5. The minimum absolute atomic E-state index is 0.176. The van der Waals surface area contributed by atoms with E-state index in [4.69, 9.17) is 4.74 Å². The Hall–Kier alpha value is -2.77. The molecule has 3 aromatic heterocycles. The summed E-state index contributed by atoms with van der Waals surface area (Å²) in [5, 5.41) is 8.89. The minimum atomic E-state index is -0.176. The van der Waals surface area contributed by atoms with Gasteiger partial charge < -0.3 is 4.74 Å². The van der Waals surface area contributed by atoms with Crippen LogP contribution in [0.25, 0.3) is 20.7 Å². The normalized spacial score (nSPS) is 11.4. The van der Waals surface area contributed by atoms with Crippen molar-refractivity contribution < 1.29 is 4.74 Å². The van der Waals surface area contributed by atoms with Crippen LogP contribution in [0.5, 0.6) is 5.75 Å². The maximum atomic E-state index is 12.9. The first-order valence-corrected chi connectivity index (χ1v) is 9.82. The Labute approximate surface area is 157 Å². The summed E-state index contributed by atoms with van der Waals surface area (Å²) in [6.07, 6.45) is 3.08. The molecule has 0 aliphatic rings. The molecule has 26 heavy (non-hydrogen) atoms. The summed E-state index contributed by atoms with van der Waals surface area (Å²) in [6, 6.07) is 11.6. The molecule has 0 saturated carbocycles. The lowest BCUT2D eigenvalue weighted by Crippen LogP contribution is -2.16. The Morgan fingerprint density at radius 1 is 1.23 bits per heavy atom. The average molecular weight is 381 g/mol. The van der Waals surface area contributed by atoms with Crippen LogP contribution in [-0.2, 0) is 0 Å². The lowest BCUT2D eigenvalue weighted by molar-refractivity contribution is 0.340. The van der Waals surface area contributed by atoms with Gasteiger partial charge in [-0.1, -0.05) is 18.2 Å². The number of nitrogens with zero attached hydrogens (tertiary/aromatic N) is 3. The fourth-order valence-corrected chi connectivity index (χ4v) is 4.34. The highest BCUT2D eigenvalue weighted by atomic mass is 32.1. The van der Waals surface area contributed by atoms with Crippen LogP contribution < -0.4 is 10.3 Å². The van der Waals surface area contributed by atoms with E-state index in [0.717, 1.165) is 26.6 Å². The van der Waals surface area contributed by atoms with Crippen molar-refractivity contribution in [3.05, 3.63) is 69.4 Å². The number of benzene rings is 1. The van der Waals surface area contributed by atoms with Crippen molar-refractivity contribution in [1.29, 1.82) is 0 Å². The van der Waals surface area contributed by atoms with Gasteiger partial charge in [-0.2, -0.15) is 9.78 Å². The van der Waals surface area contributed by atoms with E-state index in [-0.39, 0.29) is 5.56 Å². The van der Waals surface area contributed by atoms with Crippen LogP contribution in [0, 0.1) is 0 Å². The molecule has 0 N–H and O–H groups in total. The Morgan fingerprint density at radius 3 is 2.92 bits per heavy atom. The smallest absolute Gasteiger partial charge is 0.283 e. The largest absolute Gasteiger partial charge is 0.493 e. The fourth-order valence-electron chi connectivity index (χ4n) is 2.62. The summed E-state index contributed by atoms with van der Waals surface area (Å²) >= 11 is 3.07. The molecule has 0 bridgehead atoms. The van der Waals surface area contributed by atoms with Crippen molar-refractivity contribution in [2.24, 2.45) is 5.10 Å². The van der Waals surface area contributed by atoms with Crippen molar-refractivity contribution in [1.82, 2.24) is 9.66 Å². The first kappa shape index (κ1) is 16.7. The number of thiophene rings is 2. The number of hydrogen-bond donors (Lipinski definition) is 0. The van der Waals surface area contributed by atoms with Gasteiger partial charge in [-0.05, 0) is 30.5 Å². The first-order valence-electron chi connectivity index (χ1n) is 8.07. The van der Waals surface area contributed by atoms with Crippen LogP contribution in [-0.4, -0.2) is 22.5 Å². The second kappa shape index (κ2) is 7.23. The van der Waals surface area contributed by atoms with Crippen LogP contribution in [0.4, 0.5) is 0 Å². The Kier molecular flexibility index (Phi) is 4.64. The van der Waals surface area contributed by atoms with Crippen molar-refractivity contribution in [3.8, 4) is 16.2 Å². The van der Waals surface area contributed by atoms with Crippen molar-refractivity contribution >= 4 is 39.1 Å². The first-order chi connectivity index (χ1) is 12.8. The SMILES string of the molecule is CCOc1ccccc1/C=N\n1cnc2scc(-c3cccs3)c2c1=O. The summed E-state index contributed by atoms with van der Waals surface area (Å²) < 4.78 is 6.86. The lowest BCUT2D eigenvalue weighted by Gasteiger charge is -2.06. The van der Waals surface area contributed by atoms with Gasteiger partial charge in [0.2, 0.25) is 0 Å². The maximum absolute atomic E-state index is 12.9. The number of fused-ring (bicyclic) bond motifs is 1. The molecule has 7 heteroatoms. The van der Waals surface area contributed by atoms with Crippen LogP contribution in [0.1, 0.15) is 12.5 Å². The highest BCUT2D eigenvalue weighted by Gasteiger charge is 2.13. The van der Waals surface area contributed by atoms with Crippen molar-refractivity contribution in [3.63, 3.8) is 0 Å². The van der Waals surface area contributed by atoms with E-state index in [9.17, 15) is 4.79 Å². The van der Waals surface area contributed by atoms with Gasteiger partial charge in [-0.25, -0.2) is 4.98 Å². The molecule has 5 nitrogen and oxygen atoms in total. The molecule has 0 spiro atoms. The molecule has 0 radical (unpaired) electrons. The van der Waals surface area contributed by atoms with Gasteiger partial charge in [0.25, 0.3) is 5.56 Å². The van der Waals surface area contributed by atoms with Crippen molar-refractivity contribution in [2.75, 3.05) is 6.61 Å². The van der Waals surface area contributed by atoms with Crippen LogP contribution >= 0.6 is 22.7 Å². The summed E-state index contributed by atoms with van der Waals surface area (Å²) in [6.45, 7) is 2.50. The monoisotopic (exact) mass is 381 g/mol. The van der Waals surface area contributed by atoms with E-state index < -0.39 is 0 Å². The zero-order valence-corrected chi connectivity index (χ0v) is 15.6. The van der Waals surface area contributed by atoms with E-state index >= 15 is 0 Å². The molecule has 0 saturated heterocycles. The van der Waals surface area contributed by atoms with Gasteiger partial charge in [-0.15, -0.1) is 22.7 Å². The molecule has 0 amide bonds. The Bertz CT molecular complexity index is 1130. The molecule has 1 aromatic carbocycles. The van der Waals surface area contributed by atoms with E-state index in [0.29, 0.717) is 12.0 Å². The highest BCUT2D eigenvalue weighted by molar-refractivity contribution is 7.18. The molecule has 3 heterocycles. The van der Waals surface area contributed by atoms with Gasteiger partial charge in [-0.3, -0.25) is 4.79 Å². The summed E-state index contributed by atoms with van der Waals surface area (Å²) in [5.41, 5.74) is 1.55. The standard InChI is InChI=1S/C19H15N3O2S2/c1-2-24-15-7-4-3-6-13(15)10-21-22-12-20-18-17(19(22)23)14(11-26-18)16-8-5-9-25-16/h3-12H,2H2,1H3/b21-10-. The second-order valence-electron chi connectivity index (χ2n) is 5.42. The molecular formula is C19H15N3O2S2. The zero-order valence-electron chi connectivity index (χ0n) is 14.0. The molecular weight excluding hydrogens is 366 g/mol. The van der Waals surface area contributed by atoms with E-state index in [2.05, 4.69) is 10.1 Å². The maximum Gasteiger partial charge on any atom is 0.283 e. The Morgan fingerprint density at radius 2 is 2.12 bits per heavy atom. The van der Waals surface area contributed by atoms with E-state index in [1.807, 2.05) is 54.1 Å². The lowest BCUT2D eigenvalue weighted by atomic mass is 10.2. The topological polar surface area (TPSA) is 56.5 Å². The molecule has 0 fully saturated rings. The molecule has 0 aliphatic heterocycles. The summed E-state index contributed by atoms with van der Waals surface area (Å²) in [7, 11) is 0. The third kappa shape index (κ3) is 3.07. The predicted octanol–water partition coefficient (Wildman–Crippen LogP) is 4.47. The third-order valence-electron chi connectivity index (χ3n) is 3.80. The van der Waals surface area contributed by atoms with E-state index in [1.165, 1.54) is 22.3 Å². The van der Waals surface area contributed by atoms with Crippen LogP contribution in [0.2, 0.25) is 0 Å². The number of aromatic nitrogens is 2. The van der Waals surface area contributed by atoms with Gasteiger partial charge in [0.15, 0.2) is 0 Å². The molecule has 0 unspecified atom stereocenters. The quantitative estimate of drug-likeness (QED) is 0.479. The fraction of sp³-hybridized carbons (Fsp3) is 0.105. The molecule has 0 aliphatic carbocycles. The molecule has 0 atom stereocenters. The van der Waals surface area contributed by atoms with Gasteiger partial charge in [0, 0.05) is 21.4 Å².